The van der Waals surface area contributed by atoms with Crippen LogP contribution in [0.3, 0.4) is 0 Å². The number of carbonyl (C=O) groups excluding carboxylic acids is 2. The SMILES string of the molecule is CC(CCC=Cc1ccc(C2C(CCC(O[Si](C)(C)C(C)(C)C)c3ccc(F)cc3)C(=O)N2c2ccc(F)cc2)cc1)C(=O)NCC(O)C(O)C(O)C(O)CO. The van der Waals surface area contributed by atoms with Gasteiger partial charge in [-0.3, -0.25) is 9.59 Å². The molecule has 306 valence electrons. The summed E-state index contributed by atoms with van der Waals surface area (Å²) in [5.74, 6) is -1.90. The van der Waals surface area contributed by atoms with Crippen LogP contribution in [0.5, 0.6) is 0 Å². The number of benzene rings is 3. The maximum Gasteiger partial charge on any atom is 0.233 e. The Morgan fingerprint density at radius 3 is 2.04 bits per heavy atom. The van der Waals surface area contributed by atoms with Crippen LogP contribution in [0.25, 0.3) is 6.08 Å². The predicted octanol–water partition coefficient (Wildman–Crippen LogP) is 6.19. The van der Waals surface area contributed by atoms with Crippen molar-refractivity contribution in [1.82, 2.24) is 5.32 Å². The number of nitrogens with zero attached hydrogens (tertiary/aromatic N) is 1. The van der Waals surface area contributed by atoms with Crippen LogP contribution in [0.2, 0.25) is 18.1 Å². The van der Waals surface area contributed by atoms with E-state index < -0.39 is 51.1 Å². The fourth-order valence-corrected chi connectivity index (χ4v) is 7.82. The van der Waals surface area contributed by atoms with Gasteiger partial charge in [-0.25, -0.2) is 8.78 Å². The smallest absolute Gasteiger partial charge is 0.233 e. The van der Waals surface area contributed by atoms with Crippen molar-refractivity contribution in [3.05, 3.63) is 107 Å². The second kappa shape index (κ2) is 19.6. The highest BCUT2D eigenvalue weighted by atomic mass is 28.4. The average Bonchev–Trinajstić information content (AvgIpc) is 3.16. The van der Waals surface area contributed by atoms with Crippen LogP contribution < -0.4 is 10.2 Å². The van der Waals surface area contributed by atoms with E-state index in [0.717, 1.165) is 16.7 Å². The largest absolute Gasteiger partial charge is 0.410 e. The van der Waals surface area contributed by atoms with E-state index in [2.05, 4.69) is 39.2 Å². The van der Waals surface area contributed by atoms with E-state index in [1.54, 1.807) is 36.1 Å². The highest BCUT2D eigenvalue weighted by Gasteiger charge is 2.49. The summed E-state index contributed by atoms with van der Waals surface area (Å²) in [6.07, 6.45) is -0.965. The number of rotatable bonds is 19. The monoisotopic (exact) mass is 796 g/mol. The molecule has 1 aliphatic heterocycles. The molecule has 3 aromatic rings. The molecule has 1 aliphatic rings. The lowest BCUT2D eigenvalue weighted by Gasteiger charge is -2.48. The van der Waals surface area contributed by atoms with E-state index in [1.165, 1.54) is 24.3 Å². The van der Waals surface area contributed by atoms with Gasteiger partial charge in [0.25, 0.3) is 0 Å². The van der Waals surface area contributed by atoms with Gasteiger partial charge in [-0.2, -0.15) is 0 Å². The van der Waals surface area contributed by atoms with Gasteiger partial charge < -0.3 is 40.2 Å². The molecule has 13 heteroatoms. The van der Waals surface area contributed by atoms with Crippen LogP contribution in [0, 0.1) is 23.5 Å². The van der Waals surface area contributed by atoms with E-state index in [0.29, 0.717) is 31.4 Å². The van der Waals surface area contributed by atoms with E-state index in [4.69, 9.17) is 9.53 Å². The molecule has 2 amide bonds. The summed E-state index contributed by atoms with van der Waals surface area (Å²) in [5, 5.41) is 50.7. The normalized spacial score (nSPS) is 19.6. The van der Waals surface area contributed by atoms with Crippen molar-refractivity contribution in [1.29, 1.82) is 0 Å². The molecule has 0 bridgehead atoms. The Bertz CT molecular complexity index is 1750. The minimum atomic E-state index is -2.24. The van der Waals surface area contributed by atoms with Crippen LogP contribution >= 0.6 is 0 Å². The van der Waals surface area contributed by atoms with E-state index in [1.807, 2.05) is 36.4 Å². The van der Waals surface area contributed by atoms with Gasteiger partial charge in [-0.15, -0.1) is 0 Å². The molecule has 56 heavy (non-hydrogen) atoms. The summed E-state index contributed by atoms with van der Waals surface area (Å²) in [4.78, 5) is 28.1. The molecule has 1 heterocycles. The van der Waals surface area contributed by atoms with Crippen LogP contribution in [0.1, 0.15) is 82.2 Å². The highest BCUT2D eigenvalue weighted by molar-refractivity contribution is 6.74. The molecular weight excluding hydrogens is 739 g/mol. The number of nitrogens with one attached hydrogen (secondary N) is 1. The van der Waals surface area contributed by atoms with Crippen LogP contribution in [-0.2, 0) is 14.0 Å². The fourth-order valence-electron chi connectivity index (χ4n) is 6.50. The zero-order valence-corrected chi connectivity index (χ0v) is 34.1. The number of anilines is 1. The minimum Gasteiger partial charge on any atom is -0.410 e. The van der Waals surface area contributed by atoms with Gasteiger partial charge in [-0.05, 0) is 96.9 Å². The Hall–Kier alpha value is -3.82. The second-order valence-electron chi connectivity index (χ2n) is 16.3. The van der Waals surface area contributed by atoms with E-state index in [-0.39, 0.29) is 47.3 Å². The van der Waals surface area contributed by atoms with Crippen molar-refractivity contribution in [3.8, 4) is 0 Å². The lowest BCUT2D eigenvalue weighted by molar-refractivity contribution is -0.131. The molecule has 0 aliphatic carbocycles. The first-order valence-electron chi connectivity index (χ1n) is 19.2. The number of β-lactam (4-membered cyclic amide) rings is 1. The van der Waals surface area contributed by atoms with Gasteiger partial charge in [0.2, 0.25) is 11.8 Å². The van der Waals surface area contributed by atoms with Crippen molar-refractivity contribution in [2.45, 2.75) is 108 Å². The molecule has 10 nitrogen and oxygen atoms in total. The third-order valence-electron chi connectivity index (χ3n) is 11.2. The van der Waals surface area contributed by atoms with Crippen molar-refractivity contribution in [2.75, 3.05) is 18.1 Å². The summed E-state index contributed by atoms with van der Waals surface area (Å²) in [6, 6.07) is 19.9. The molecule has 0 spiro atoms. The molecule has 6 N–H and O–H groups in total. The molecule has 8 atom stereocenters. The van der Waals surface area contributed by atoms with Gasteiger partial charge in [-0.1, -0.05) is 76.2 Å². The summed E-state index contributed by atoms with van der Waals surface area (Å²) in [7, 11) is -2.24. The standard InChI is InChI=1S/C43H58F2N2O8Si/c1-27(41(53)46-25-35(49)39(51)40(52)36(50)26-48)9-7-8-10-28-11-13-30(14-12-28)38-34(42(54)47(38)33-21-19-32(45)20-22-33)23-24-37(29-15-17-31(44)18-16-29)55-56(5,6)43(2,3)4/h8,10-22,27,34-40,48-52H,7,9,23-26H2,1-6H3,(H,46,53). The maximum absolute atomic E-state index is 13.9. The molecule has 8 unspecified atom stereocenters. The second-order valence-corrected chi connectivity index (χ2v) is 21.1. The van der Waals surface area contributed by atoms with Gasteiger partial charge >= 0.3 is 0 Å². The first-order valence-corrected chi connectivity index (χ1v) is 22.1. The predicted molar refractivity (Wildman–Crippen MR) is 215 cm³/mol. The third-order valence-corrected chi connectivity index (χ3v) is 15.6. The van der Waals surface area contributed by atoms with Gasteiger partial charge in [0, 0.05) is 18.2 Å². The number of aliphatic hydroxyl groups excluding tert-OH is 5. The van der Waals surface area contributed by atoms with Crippen LogP contribution in [0.4, 0.5) is 14.5 Å². The van der Waals surface area contributed by atoms with E-state index >= 15 is 0 Å². The topological polar surface area (TPSA) is 160 Å². The number of hydrogen-bond acceptors (Lipinski definition) is 8. The van der Waals surface area contributed by atoms with Gasteiger partial charge in [0.15, 0.2) is 8.32 Å². The van der Waals surface area contributed by atoms with E-state index in [9.17, 15) is 38.8 Å². The van der Waals surface area contributed by atoms with Crippen LogP contribution in [-0.4, -0.2) is 83.2 Å². The zero-order valence-electron chi connectivity index (χ0n) is 33.1. The molecule has 4 rings (SSSR count). The molecular formula is C43H58F2N2O8Si. The first-order chi connectivity index (χ1) is 26.3. The Morgan fingerprint density at radius 1 is 0.893 bits per heavy atom. The molecule has 0 aromatic heterocycles. The quantitative estimate of drug-likeness (QED) is 0.0619. The summed E-state index contributed by atoms with van der Waals surface area (Å²) in [6.45, 7) is 11.5. The average molecular weight is 797 g/mol. The van der Waals surface area contributed by atoms with Gasteiger partial charge in [0.1, 0.15) is 29.9 Å². The number of allylic oxidation sites excluding steroid dienone is 1. The number of carbonyl (C=O) groups is 2. The van der Waals surface area contributed by atoms with Crippen LogP contribution in [0.15, 0.2) is 78.9 Å². The van der Waals surface area contributed by atoms with Crippen molar-refractivity contribution in [3.63, 3.8) is 0 Å². The van der Waals surface area contributed by atoms with Crippen molar-refractivity contribution < 1.29 is 48.3 Å². The lowest BCUT2D eigenvalue weighted by Crippen LogP contribution is -2.55. The summed E-state index contributed by atoms with van der Waals surface area (Å²) in [5.41, 5.74) is 3.32. The van der Waals surface area contributed by atoms with Gasteiger partial charge in [0.05, 0.1) is 30.8 Å². The number of amides is 2. The Kier molecular flexibility index (Phi) is 15.7. The van der Waals surface area contributed by atoms with Crippen molar-refractivity contribution in [2.24, 2.45) is 11.8 Å². The molecule has 1 fully saturated rings. The Morgan fingerprint density at radius 2 is 1.46 bits per heavy atom. The summed E-state index contributed by atoms with van der Waals surface area (Å²) >= 11 is 0. The van der Waals surface area contributed by atoms with Crippen molar-refractivity contribution >= 4 is 31.9 Å². The maximum atomic E-state index is 13.9. The minimum absolute atomic E-state index is 0.0573. The molecule has 1 saturated heterocycles. The highest BCUT2D eigenvalue weighted by Crippen LogP contribution is 2.48. The lowest BCUT2D eigenvalue weighted by atomic mass is 9.78. The molecule has 0 radical (unpaired) electrons. The first kappa shape index (κ1) is 44.9. The summed E-state index contributed by atoms with van der Waals surface area (Å²) < 4.78 is 34.7. The Labute approximate surface area is 330 Å². The molecule has 3 aromatic carbocycles. The third kappa shape index (κ3) is 11.4. The number of aliphatic hydroxyl groups is 5. The number of halogens is 2. The Balaban J connectivity index is 1.42. The number of hydrogen-bond donors (Lipinski definition) is 6. The zero-order chi connectivity index (χ0) is 41.4. The molecule has 0 saturated carbocycles. The fraction of sp³-hybridized carbons (Fsp3) is 0.488.